The van der Waals surface area contributed by atoms with E-state index in [9.17, 15) is 5.11 Å². The van der Waals surface area contributed by atoms with Gasteiger partial charge in [0.25, 0.3) is 0 Å². The number of phenols is 1. The number of nitrogens with zero attached hydrogens (tertiary/aromatic N) is 2. The second-order valence-electron chi connectivity index (χ2n) is 11.8. The fourth-order valence-corrected chi connectivity index (χ4v) is 6.81. The van der Waals surface area contributed by atoms with Crippen LogP contribution in [0.3, 0.4) is 0 Å². The van der Waals surface area contributed by atoms with Crippen LogP contribution in [0, 0.1) is 0 Å². The van der Waals surface area contributed by atoms with Crippen molar-refractivity contribution in [3.05, 3.63) is 77.9 Å². The second kappa shape index (κ2) is 13.1. The van der Waals surface area contributed by atoms with Gasteiger partial charge in [-0.05, 0) is 136 Å². The molecule has 3 aromatic rings. The zero-order valence-electron chi connectivity index (χ0n) is 23.8. The average molecular weight is 541 g/mol. The molecule has 5 nitrogen and oxygen atoms in total. The first kappa shape index (κ1) is 27.2. The third kappa shape index (κ3) is 6.82. The summed E-state index contributed by atoms with van der Waals surface area (Å²) in [7, 11) is 0. The van der Waals surface area contributed by atoms with Crippen LogP contribution < -0.4 is 9.47 Å². The van der Waals surface area contributed by atoms with Crippen molar-refractivity contribution in [2.24, 2.45) is 0 Å². The van der Waals surface area contributed by atoms with Gasteiger partial charge in [0.1, 0.15) is 30.0 Å². The van der Waals surface area contributed by atoms with Crippen LogP contribution in [0.15, 0.2) is 66.7 Å². The van der Waals surface area contributed by atoms with Gasteiger partial charge in [0.2, 0.25) is 0 Å². The Hall–Kier alpha value is -3.02. The number of hydrogen-bond donors (Lipinski definition) is 1. The smallest absolute Gasteiger partial charge is 0.119 e. The molecule has 1 saturated carbocycles. The van der Waals surface area contributed by atoms with Gasteiger partial charge in [-0.2, -0.15) is 0 Å². The van der Waals surface area contributed by atoms with E-state index in [0.29, 0.717) is 12.1 Å². The molecule has 1 aliphatic carbocycles. The molecule has 1 N–H and O–H groups in total. The molecule has 2 saturated heterocycles. The number of benzene rings is 3. The number of phenolic OH excluding ortho intramolecular Hbond substituents is 1. The zero-order valence-corrected chi connectivity index (χ0v) is 23.8. The molecule has 3 aromatic carbocycles. The molecule has 5 heteroatoms. The molecule has 2 heterocycles. The summed E-state index contributed by atoms with van der Waals surface area (Å²) in [5, 5.41) is 10.3. The summed E-state index contributed by atoms with van der Waals surface area (Å²) >= 11 is 0. The van der Waals surface area contributed by atoms with Gasteiger partial charge in [-0.3, -0.25) is 9.80 Å². The normalized spacial score (nSPS) is 22.0. The van der Waals surface area contributed by atoms with Gasteiger partial charge in [-0.1, -0.05) is 36.8 Å². The monoisotopic (exact) mass is 540 g/mol. The Morgan fingerprint density at radius 3 is 2.23 bits per heavy atom. The fourth-order valence-electron chi connectivity index (χ4n) is 6.81. The molecule has 2 unspecified atom stereocenters. The topological polar surface area (TPSA) is 45.2 Å². The van der Waals surface area contributed by atoms with Crippen LogP contribution in [0.2, 0.25) is 0 Å². The zero-order chi connectivity index (χ0) is 27.1. The van der Waals surface area contributed by atoms with Crippen LogP contribution in [-0.4, -0.2) is 66.4 Å². The third-order valence-corrected chi connectivity index (χ3v) is 9.02. The van der Waals surface area contributed by atoms with Crippen molar-refractivity contribution in [1.29, 1.82) is 0 Å². The summed E-state index contributed by atoms with van der Waals surface area (Å²) < 4.78 is 12.5. The Morgan fingerprint density at radius 2 is 1.45 bits per heavy atom. The average Bonchev–Trinajstić information content (AvgIpc) is 3.68. The lowest BCUT2D eigenvalue weighted by Crippen LogP contribution is -2.45. The highest BCUT2D eigenvalue weighted by atomic mass is 16.5. The quantitative estimate of drug-likeness (QED) is 0.303. The maximum absolute atomic E-state index is 10.3. The Bertz CT molecular complexity index is 1210. The Kier molecular flexibility index (Phi) is 8.89. The Labute approximate surface area is 239 Å². The highest BCUT2D eigenvalue weighted by molar-refractivity contribution is 5.70. The molecule has 0 amide bonds. The van der Waals surface area contributed by atoms with E-state index < -0.39 is 0 Å². The van der Waals surface area contributed by atoms with Gasteiger partial charge in [-0.25, -0.2) is 0 Å². The van der Waals surface area contributed by atoms with Crippen molar-refractivity contribution in [2.45, 2.75) is 69.9 Å². The SMILES string of the molecule is Oc1ccc(Cc2ccc(OC3CCCC3N3CCCCC3)cc2)c(-c2ccc(OCCN3CCCC3)cc2)c1. The maximum atomic E-state index is 10.3. The first-order chi connectivity index (χ1) is 19.7. The molecular weight excluding hydrogens is 496 g/mol. The molecule has 0 bridgehead atoms. The van der Waals surface area contributed by atoms with Gasteiger partial charge < -0.3 is 14.6 Å². The van der Waals surface area contributed by atoms with E-state index in [1.807, 2.05) is 24.3 Å². The largest absolute Gasteiger partial charge is 0.508 e. The van der Waals surface area contributed by atoms with E-state index in [0.717, 1.165) is 48.6 Å². The van der Waals surface area contributed by atoms with Crippen molar-refractivity contribution in [3.8, 4) is 28.4 Å². The summed E-state index contributed by atoms with van der Waals surface area (Å²) in [6, 6.07) is 23.2. The van der Waals surface area contributed by atoms with Gasteiger partial charge in [0.05, 0.1) is 0 Å². The predicted molar refractivity (Wildman–Crippen MR) is 161 cm³/mol. The number of piperidine rings is 1. The van der Waals surface area contributed by atoms with E-state index in [-0.39, 0.29) is 5.75 Å². The second-order valence-corrected chi connectivity index (χ2v) is 11.8. The van der Waals surface area contributed by atoms with Crippen LogP contribution in [0.4, 0.5) is 0 Å². The first-order valence-electron chi connectivity index (χ1n) is 15.5. The molecule has 2 aliphatic heterocycles. The van der Waals surface area contributed by atoms with Crippen molar-refractivity contribution >= 4 is 0 Å². The summed E-state index contributed by atoms with van der Waals surface area (Å²) in [6.45, 7) is 6.55. The highest BCUT2D eigenvalue weighted by Gasteiger charge is 2.34. The number of rotatable bonds is 10. The molecule has 0 aromatic heterocycles. The van der Waals surface area contributed by atoms with Gasteiger partial charge >= 0.3 is 0 Å². The molecule has 0 spiro atoms. The highest BCUT2D eigenvalue weighted by Crippen LogP contribution is 2.33. The molecule has 212 valence electrons. The fraction of sp³-hybridized carbons (Fsp3) is 0.486. The van der Waals surface area contributed by atoms with E-state index >= 15 is 0 Å². The van der Waals surface area contributed by atoms with Gasteiger partial charge in [0.15, 0.2) is 0 Å². The van der Waals surface area contributed by atoms with Crippen molar-refractivity contribution in [3.63, 3.8) is 0 Å². The molecule has 6 rings (SSSR count). The molecule has 2 atom stereocenters. The van der Waals surface area contributed by atoms with Crippen molar-refractivity contribution in [2.75, 3.05) is 39.3 Å². The van der Waals surface area contributed by atoms with Crippen LogP contribution in [-0.2, 0) is 6.42 Å². The number of likely N-dealkylation sites (tertiary alicyclic amines) is 2. The molecule has 0 radical (unpaired) electrons. The van der Waals surface area contributed by atoms with Crippen LogP contribution in [0.1, 0.15) is 62.5 Å². The lowest BCUT2D eigenvalue weighted by Gasteiger charge is -2.35. The minimum absolute atomic E-state index is 0.285. The minimum Gasteiger partial charge on any atom is -0.508 e. The van der Waals surface area contributed by atoms with E-state index in [4.69, 9.17) is 9.47 Å². The van der Waals surface area contributed by atoms with Crippen LogP contribution in [0.5, 0.6) is 17.2 Å². The summed E-state index contributed by atoms with van der Waals surface area (Å²) in [4.78, 5) is 5.14. The Morgan fingerprint density at radius 1 is 0.725 bits per heavy atom. The molecule has 3 fully saturated rings. The van der Waals surface area contributed by atoms with E-state index in [2.05, 4.69) is 46.2 Å². The molecule has 3 aliphatic rings. The molecular formula is C35H44N2O3. The number of ether oxygens (including phenoxy) is 2. The first-order valence-corrected chi connectivity index (χ1v) is 15.5. The maximum Gasteiger partial charge on any atom is 0.119 e. The summed E-state index contributed by atoms with van der Waals surface area (Å²) in [5.41, 5.74) is 4.57. The van der Waals surface area contributed by atoms with Crippen LogP contribution >= 0.6 is 0 Å². The standard InChI is InChI=1S/C35H44N2O3/c38-30-14-11-29(33(26-30)28-12-17-31(18-13-28)39-24-23-36-19-4-5-20-36)25-27-9-15-32(16-10-27)40-35-8-6-7-34(35)37-21-2-1-3-22-37/h9-18,26,34-35,38H,1-8,19-25H2. The lowest BCUT2D eigenvalue weighted by atomic mass is 9.94. The van der Waals surface area contributed by atoms with E-state index in [1.54, 1.807) is 6.07 Å². The van der Waals surface area contributed by atoms with E-state index in [1.165, 1.54) is 82.3 Å². The molecule has 40 heavy (non-hydrogen) atoms. The van der Waals surface area contributed by atoms with Gasteiger partial charge in [-0.15, -0.1) is 0 Å². The Balaban J connectivity index is 1.08. The van der Waals surface area contributed by atoms with Crippen molar-refractivity contribution in [1.82, 2.24) is 9.80 Å². The summed E-state index contributed by atoms with van der Waals surface area (Å²) in [6.07, 6.45) is 11.4. The minimum atomic E-state index is 0.285. The van der Waals surface area contributed by atoms with Gasteiger partial charge in [0, 0.05) is 12.6 Å². The summed E-state index contributed by atoms with van der Waals surface area (Å²) in [5.74, 6) is 2.15. The number of aromatic hydroxyl groups is 1. The third-order valence-electron chi connectivity index (χ3n) is 9.02. The van der Waals surface area contributed by atoms with Crippen LogP contribution in [0.25, 0.3) is 11.1 Å². The lowest BCUT2D eigenvalue weighted by molar-refractivity contribution is 0.0739. The predicted octanol–water partition coefficient (Wildman–Crippen LogP) is 6.91. The number of hydrogen-bond acceptors (Lipinski definition) is 5. The van der Waals surface area contributed by atoms with Crippen molar-refractivity contribution < 1.29 is 14.6 Å².